The average molecular weight is 271 g/mol. The van der Waals surface area contributed by atoms with Gasteiger partial charge in [0.15, 0.2) is 5.76 Å². The van der Waals surface area contributed by atoms with Gasteiger partial charge in [-0.15, -0.1) is 0 Å². The van der Waals surface area contributed by atoms with E-state index in [1.165, 1.54) is 41.4 Å². The van der Waals surface area contributed by atoms with Gasteiger partial charge in [0.05, 0.1) is 23.7 Å². The number of carbonyl (C=O) groups is 1. The highest BCUT2D eigenvalue weighted by molar-refractivity contribution is 6.09. The van der Waals surface area contributed by atoms with E-state index in [0.29, 0.717) is 5.69 Å². The van der Waals surface area contributed by atoms with Crippen LogP contribution in [0, 0.1) is 5.82 Å². The molecule has 5 nitrogen and oxygen atoms in total. The summed E-state index contributed by atoms with van der Waals surface area (Å²) in [6.45, 7) is 0. The van der Waals surface area contributed by atoms with Gasteiger partial charge in [-0.2, -0.15) is 5.10 Å². The van der Waals surface area contributed by atoms with Gasteiger partial charge in [-0.3, -0.25) is 4.79 Å². The number of nitrogens with two attached hydrogens (primary N) is 1. The van der Waals surface area contributed by atoms with Crippen LogP contribution in [0.4, 0.5) is 10.2 Å². The average Bonchev–Trinajstić information content (AvgIpc) is 3.09. The topological polar surface area (TPSA) is 74.1 Å². The lowest BCUT2D eigenvalue weighted by atomic mass is 10.2. The standard InChI is InChI=1S/C14H10FN3O2/c15-9-3-5-10(6-4-9)18-14(16)11(8-17-18)13(19)12-2-1-7-20-12/h1-8H,16H2. The monoisotopic (exact) mass is 271 g/mol. The number of benzene rings is 1. The Morgan fingerprint density at radius 1 is 1.25 bits per heavy atom. The van der Waals surface area contributed by atoms with Crippen LogP contribution in [0.2, 0.25) is 0 Å². The van der Waals surface area contributed by atoms with E-state index >= 15 is 0 Å². The van der Waals surface area contributed by atoms with Gasteiger partial charge in [0.2, 0.25) is 5.78 Å². The predicted molar refractivity (Wildman–Crippen MR) is 70.1 cm³/mol. The maximum atomic E-state index is 12.9. The smallest absolute Gasteiger partial charge is 0.233 e. The summed E-state index contributed by atoms with van der Waals surface area (Å²) >= 11 is 0. The molecule has 0 aliphatic rings. The molecule has 2 aromatic heterocycles. The van der Waals surface area contributed by atoms with Crippen molar-refractivity contribution >= 4 is 11.6 Å². The first-order chi connectivity index (χ1) is 9.66. The highest BCUT2D eigenvalue weighted by Gasteiger charge is 2.19. The molecule has 3 aromatic rings. The molecule has 0 aliphatic heterocycles. The van der Waals surface area contributed by atoms with Crippen molar-refractivity contribution in [1.29, 1.82) is 0 Å². The molecule has 0 aliphatic carbocycles. The molecular formula is C14H10FN3O2. The first kappa shape index (κ1) is 12.2. The molecule has 0 saturated carbocycles. The van der Waals surface area contributed by atoms with Crippen molar-refractivity contribution in [3.05, 3.63) is 66.0 Å². The Hall–Kier alpha value is -2.89. The van der Waals surface area contributed by atoms with Crippen molar-refractivity contribution in [3.8, 4) is 5.69 Å². The fourth-order valence-electron chi connectivity index (χ4n) is 1.86. The van der Waals surface area contributed by atoms with Gasteiger partial charge in [-0.05, 0) is 36.4 Å². The number of hydrogen-bond acceptors (Lipinski definition) is 4. The molecule has 20 heavy (non-hydrogen) atoms. The molecule has 0 saturated heterocycles. The molecule has 100 valence electrons. The number of furan rings is 1. The van der Waals surface area contributed by atoms with Crippen LogP contribution in [0.15, 0.2) is 53.3 Å². The molecular weight excluding hydrogens is 261 g/mol. The third kappa shape index (κ3) is 1.97. The number of hydrogen-bond donors (Lipinski definition) is 1. The molecule has 3 rings (SSSR count). The Morgan fingerprint density at radius 3 is 2.65 bits per heavy atom. The maximum absolute atomic E-state index is 12.9. The Balaban J connectivity index is 2.01. The Kier molecular flexibility index (Phi) is 2.83. The van der Waals surface area contributed by atoms with E-state index in [-0.39, 0.29) is 28.7 Å². The van der Waals surface area contributed by atoms with Gasteiger partial charge in [0.25, 0.3) is 0 Å². The number of aromatic nitrogens is 2. The van der Waals surface area contributed by atoms with E-state index in [1.807, 2.05) is 0 Å². The second-order valence-corrected chi connectivity index (χ2v) is 4.14. The van der Waals surface area contributed by atoms with Crippen LogP contribution in [-0.4, -0.2) is 15.6 Å². The fourth-order valence-corrected chi connectivity index (χ4v) is 1.86. The molecule has 0 bridgehead atoms. The third-order valence-corrected chi connectivity index (χ3v) is 2.87. The minimum absolute atomic E-state index is 0.179. The molecule has 1 aromatic carbocycles. The van der Waals surface area contributed by atoms with E-state index < -0.39 is 0 Å². The molecule has 0 amide bonds. The van der Waals surface area contributed by atoms with Gasteiger partial charge in [-0.1, -0.05) is 0 Å². The van der Waals surface area contributed by atoms with Crippen molar-refractivity contribution in [2.24, 2.45) is 0 Å². The van der Waals surface area contributed by atoms with E-state index in [2.05, 4.69) is 5.10 Å². The van der Waals surface area contributed by atoms with E-state index in [0.717, 1.165) is 0 Å². The normalized spacial score (nSPS) is 10.7. The summed E-state index contributed by atoms with van der Waals surface area (Å²) in [6.07, 6.45) is 2.78. The largest absolute Gasteiger partial charge is 0.461 e. The number of ketones is 1. The molecule has 0 fully saturated rings. The number of halogens is 1. The summed E-state index contributed by atoms with van der Waals surface area (Å²) in [5.41, 5.74) is 6.74. The molecule has 2 N–H and O–H groups in total. The summed E-state index contributed by atoms with van der Waals surface area (Å²) in [6, 6.07) is 8.82. The van der Waals surface area contributed by atoms with Crippen molar-refractivity contribution < 1.29 is 13.6 Å². The molecule has 2 heterocycles. The first-order valence-corrected chi connectivity index (χ1v) is 5.84. The third-order valence-electron chi connectivity index (χ3n) is 2.87. The minimum atomic E-state index is -0.355. The number of rotatable bonds is 3. The molecule has 0 unspecified atom stereocenters. The highest BCUT2D eigenvalue weighted by Crippen LogP contribution is 2.20. The minimum Gasteiger partial charge on any atom is -0.461 e. The van der Waals surface area contributed by atoms with Crippen LogP contribution >= 0.6 is 0 Å². The quantitative estimate of drug-likeness (QED) is 0.742. The highest BCUT2D eigenvalue weighted by atomic mass is 19.1. The Bertz CT molecular complexity index is 745. The van der Waals surface area contributed by atoms with Gasteiger partial charge in [-0.25, -0.2) is 9.07 Å². The van der Waals surface area contributed by atoms with Crippen molar-refractivity contribution in [2.75, 3.05) is 5.73 Å². The molecule has 6 heteroatoms. The van der Waals surface area contributed by atoms with Crippen molar-refractivity contribution in [1.82, 2.24) is 9.78 Å². The van der Waals surface area contributed by atoms with Gasteiger partial charge >= 0.3 is 0 Å². The Morgan fingerprint density at radius 2 is 2.00 bits per heavy atom. The van der Waals surface area contributed by atoms with E-state index in [9.17, 15) is 9.18 Å². The lowest BCUT2D eigenvalue weighted by molar-refractivity contribution is 0.101. The predicted octanol–water partition coefficient (Wildman–Crippen LogP) is 2.42. The lowest BCUT2D eigenvalue weighted by Crippen LogP contribution is -2.06. The van der Waals surface area contributed by atoms with E-state index in [4.69, 9.17) is 10.2 Å². The molecule has 0 radical (unpaired) electrons. The van der Waals surface area contributed by atoms with Gasteiger partial charge in [0, 0.05) is 0 Å². The van der Waals surface area contributed by atoms with Crippen LogP contribution in [0.3, 0.4) is 0 Å². The summed E-state index contributed by atoms with van der Waals surface area (Å²) in [4.78, 5) is 12.1. The van der Waals surface area contributed by atoms with Crippen LogP contribution in [0.25, 0.3) is 5.69 Å². The summed E-state index contributed by atoms with van der Waals surface area (Å²) in [5.74, 6) is -0.333. The summed E-state index contributed by atoms with van der Waals surface area (Å²) in [5, 5.41) is 4.05. The van der Waals surface area contributed by atoms with Crippen LogP contribution in [-0.2, 0) is 0 Å². The fraction of sp³-hybridized carbons (Fsp3) is 0. The number of nitrogen functional groups attached to an aromatic ring is 1. The maximum Gasteiger partial charge on any atom is 0.233 e. The zero-order chi connectivity index (χ0) is 14.1. The number of carbonyl (C=O) groups excluding carboxylic acids is 1. The second-order valence-electron chi connectivity index (χ2n) is 4.14. The summed E-state index contributed by atoms with van der Waals surface area (Å²) in [7, 11) is 0. The van der Waals surface area contributed by atoms with Crippen LogP contribution in [0.1, 0.15) is 16.1 Å². The van der Waals surface area contributed by atoms with Crippen molar-refractivity contribution in [3.63, 3.8) is 0 Å². The van der Waals surface area contributed by atoms with Crippen LogP contribution < -0.4 is 5.73 Å². The van der Waals surface area contributed by atoms with Crippen molar-refractivity contribution in [2.45, 2.75) is 0 Å². The van der Waals surface area contributed by atoms with Gasteiger partial charge in [0.1, 0.15) is 11.6 Å². The van der Waals surface area contributed by atoms with Gasteiger partial charge < -0.3 is 10.2 Å². The first-order valence-electron chi connectivity index (χ1n) is 5.84. The SMILES string of the molecule is Nc1c(C(=O)c2ccco2)cnn1-c1ccc(F)cc1. The number of nitrogens with zero attached hydrogens (tertiary/aromatic N) is 2. The Labute approximate surface area is 113 Å². The van der Waals surface area contributed by atoms with Crippen LogP contribution in [0.5, 0.6) is 0 Å². The molecule has 0 atom stereocenters. The summed E-state index contributed by atoms with van der Waals surface area (Å²) < 4.78 is 19.3. The zero-order valence-electron chi connectivity index (χ0n) is 10.3. The van der Waals surface area contributed by atoms with E-state index in [1.54, 1.807) is 12.1 Å². The second kappa shape index (κ2) is 4.65. The number of anilines is 1. The molecule has 0 spiro atoms. The zero-order valence-corrected chi connectivity index (χ0v) is 10.3. The lowest BCUT2D eigenvalue weighted by Gasteiger charge is -2.04.